The summed E-state index contributed by atoms with van der Waals surface area (Å²) in [5.41, 5.74) is -0.655. The van der Waals surface area contributed by atoms with Crippen LogP contribution in [0.3, 0.4) is 0 Å². The molecule has 1 saturated carbocycles. The van der Waals surface area contributed by atoms with E-state index in [1.165, 1.54) is 4.90 Å². The van der Waals surface area contributed by atoms with Gasteiger partial charge in [0.2, 0.25) is 4.87 Å². The van der Waals surface area contributed by atoms with Crippen LogP contribution in [0.15, 0.2) is 35.2 Å². The highest BCUT2D eigenvalue weighted by molar-refractivity contribution is 7.87. The topological polar surface area (TPSA) is 63.5 Å². The Morgan fingerprint density at radius 3 is 2.54 bits per heavy atom. The Kier molecular flexibility index (Phi) is 4.28. The smallest absolute Gasteiger partial charge is 0.412 e. The number of rotatable bonds is 2. The molecular formula is C18H23NO4S. The van der Waals surface area contributed by atoms with E-state index in [2.05, 4.69) is 0 Å². The molecule has 2 fully saturated rings. The number of ether oxygens (including phenoxy) is 1. The third kappa shape index (κ3) is 2.77. The summed E-state index contributed by atoms with van der Waals surface area (Å²) in [6, 6.07) is 8.57. The van der Waals surface area contributed by atoms with Crippen LogP contribution in [0.5, 0.6) is 0 Å². The SMILES string of the molecule is CC(C)(C)OC(=O)N1[C@@H]2CCCCC(=O)[C@@]21[S@@](=O)c1ccccc1. The first-order valence-electron chi connectivity index (χ1n) is 8.31. The van der Waals surface area contributed by atoms with Gasteiger partial charge < -0.3 is 4.74 Å². The lowest BCUT2D eigenvalue weighted by Gasteiger charge is -2.22. The summed E-state index contributed by atoms with van der Waals surface area (Å²) in [7, 11) is -1.61. The number of benzene rings is 1. The molecule has 6 heteroatoms. The summed E-state index contributed by atoms with van der Waals surface area (Å²) in [6.07, 6.45) is 2.12. The number of carbonyl (C=O) groups excluding carboxylic acids is 2. The molecule has 2 aliphatic rings. The van der Waals surface area contributed by atoms with E-state index in [-0.39, 0.29) is 11.8 Å². The summed E-state index contributed by atoms with van der Waals surface area (Å²) in [5.74, 6) is -0.113. The third-order valence-corrected chi connectivity index (χ3v) is 6.38. The van der Waals surface area contributed by atoms with E-state index in [0.717, 1.165) is 12.8 Å². The van der Waals surface area contributed by atoms with Crippen LogP contribution >= 0.6 is 0 Å². The molecule has 24 heavy (non-hydrogen) atoms. The van der Waals surface area contributed by atoms with Gasteiger partial charge in [0, 0.05) is 11.3 Å². The Bertz CT molecular complexity index is 682. The fraction of sp³-hybridized carbons (Fsp3) is 0.556. The Morgan fingerprint density at radius 1 is 1.25 bits per heavy atom. The molecule has 130 valence electrons. The monoisotopic (exact) mass is 349 g/mol. The highest BCUT2D eigenvalue weighted by Crippen LogP contribution is 2.52. The lowest BCUT2D eigenvalue weighted by molar-refractivity contribution is -0.120. The van der Waals surface area contributed by atoms with Crippen molar-refractivity contribution >= 4 is 22.7 Å². The molecule has 1 heterocycles. The molecule has 1 aliphatic carbocycles. The number of hydrogen-bond acceptors (Lipinski definition) is 4. The molecule has 0 bridgehead atoms. The molecule has 1 saturated heterocycles. The minimum Gasteiger partial charge on any atom is -0.444 e. The van der Waals surface area contributed by atoms with E-state index in [9.17, 15) is 13.8 Å². The Balaban J connectivity index is 1.97. The zero-order chi connectivity index (χ0) is 17.5. The van der Waals surface area contributed by atoms with Gasteiger partial charge in [0.05, 0.1) is 16.8 Å². The number of Topliss-reactive ketones (excluding diaryl/α,β-unsaturated/α-hetero) is 1. The van der Waals surface area contributed by atoms with Crippen LogP contribution in [0.25, 0.3) is 0 Å². The molecule has 1 aromatic carbocycles. The zero-order valence-electron chi connectivity index (χ0n) is 14.3. The predicted molar refractivity (Wildman–Crippen MR) is 90.9 cm³/mol. The van der Waals surface area contributed by atoms with Crippen molar-refractivity contribution in [3.05, 3.63) is 30.3 Å². The maximum Gasteiger partial charge on any atom is 0.412 e. The normalized spacial score (nSPS) is 27.9. The number of ketones is 1. The van der Waals surface area contributed by atoms with Gasteiger partial charge in [-0.15, -0.1) is 0 Å². The standard InChI is InChI=1S/C18H23NO4S/c1-17(2,3)23-16(21)19-14-11-7-8-12-15(20)18(14,19)24(22)13-9-5-4-6-10-13/h4-6,9-10,14H,7-8,11-12H2,1-3H3/t14-,18+,19?,24+/m1/s1. The van der Waals surface area contributed by atoms with E-state index >= 15 is 0 Å². The minimum atomic E-state index is -1.61. The van der Waals surface area contributed by atoms with Crippen LogP contribution < -0.4 is 0 Å². The summed E-state index contributed by atoms with van der Waals surface area (Å²) in [5, 5.41) is 0. The fourth-order valence-electron chi connectivity index (χ4n) is 3.39. The summed E-state index contributed by atoms with van der Waals surface area (Å²) >= 11 is 0. The zero-order valence-corrected chi connectivity index (χ0v) is 15.1. The van der Waals surface area contributed by atoms with Crippen LogP contribution in [-0.4, -0.2) is 37.5 Å². The number of hydrogen-bond donors (Lipinski definition) is 0. The predicted octanol–water partition coefficient (Wildman–Crippen LogP) is 3.25. The van der Waals surface area contributed by atoms with Gasteiger partial charge >= 0.3 is 6.09 Å². The van der Waals surface area contributed by atoms with Crippen LogP contribution in [0.1, 0.15) is 46.5 Å². The third-order valence-electron chi connectivity index (χ3n) is 4.41. The molecule has 1 amide bonds. The van der Waals surface area contributed by atoms with Crippen molar-refractivity contribution in [1.29, 1.82) is 0 Å². The van der Waals surface area contributed by atoms with Gasteiger partial charge in [-0.05, 0) is 45.7 Å². The van der Waals surface area contributed by atoms with Crippen molar-refractivity contribution in [2.45, 2.75) is 67.9 Å². The Morgan fingerprint density at radius 2 is 1.92 bits per heavy atom. The van der Waals surface area contributed by atoms with Gasteiger partial charge in [-0.25, -0.2) is 4.79 Å². The van der Waals surface area contributed by atoms with Crippen molar-refractivity contribution in [1.82, 2.24) is 4.90 Å². The van der Waals surface area contributed by atoms with Gasteiger partial charge in [0.25, 0.3) is 0 Å². The molecule has 0 radical (unpaired) electrons. The minimum absolute atomic E-state index is 0.113. The second-order valence-electron chi connectivity index (χ2n) is 7.31. The number of nitrogens with zero attached hydrogens (tertiary/aromatic N) is 1. The van der Waals surface area contributed by atoms with E-state index in [1.54, 1.807) is 45.0 Å². The van der Waals surface area contributed by atoms with E-state index < -0.39 is 27.4 Å². The highest BCUT2D eigenvalue weighted by atomic mass is 32.2. The Labute approximate surface area is 144 Å². The van der Waals surface area contributed by atoms with Gasteiger partial charge in [0.15, 0.2) is 5.78 Å². The second-order valence-corrected chi connectivity index (χ2v) is 8.94. The lowest BCUT2D eigenvalue weighted by Crippen LogP contribution is -2.38. The van der Waals surface area contributed by atoms with E-state index in [1.807, 2.05) is 6.07 Å². The summed E-state index contributed by atoms with van der Waals surface area (Å²) in [4.78, 5) is 26.2. The van der Waals surface area contributed by atoms with Crippen LogP contribution in [0.2, 0.25) is 0 Å². The number of fused-ring (bicyclic) bond motifs is 1. The number of amides is 1. The largest absolute Gasteiger partial charge is 0.444 e. The molecule has 1 aromatic rings. The van der Waals surface area contributed by atoms with E-state index in [4.69, 9.17) is 4.74 Å². The van der Waals surface area contributed by atoms with Crippen molar-refractivity contribution in [2.24, 2.45) is 0 Å². The quantitative estimate of drug-likeness (QED) is 0.769. The van der Waals surface area contributed by atoms with Crippen LogP contribution in [0.4, 0.5) is 4.79 Å². The van der Waals surface area contributed by atoms with Crippen molar-refractivity contribution in [3.63, 3.8) is 0 Å². The summed E-state index contributed by atoms with van der Waals surface area (Å²) in [6.45, 7) is 5.35. The van der Waals surface area contributed by atoms with Gasteiger partial charge in [-0.3, -0.25) is 13.9 Å². The molecule has 3 rings (SSSR count). The van der Waals surface area contributed by atoms with Crippen molar-refractivity contribution in [2.75, 3.05) is 0 Å². The van der Waals surface area contributed by atoms with Gasteiger partial charge in [0.1, 0.15) is 5.60 Å². The summed E-state index contributed by atoms with van der Waals surface area (Å²) < 4.78 is 18.7. The molecule has 1 aliphatic heterocycles. The number of carbonyl (C=O) groups is 2. The number of likely N-dealkylation sites (tertiary alicyclic amines) is 1. The van der Waals surface area contributed by atoms with E-state index in [0.29, 0.717) is 17.7 Å². The molecule has 0 N–H and O–H groups in total. The molecule has 0 spiro atoms. The fourth-order valence-corrected chi connectivity index (χ4v) is 5.26. The second kappa shape index (κ2) is 5.99. The van der Waals surface area contributed by atoms with Crippen LogP contribution in [-0.2, 0) is 20.3 Å². The first-order chi connectivity index (χ1) is 11.3. The molecule has 3 atom stereocenters. The van der Waals surface area contributed by atoms with Crippen LogP contribution in [0, 0.1) is 0 Å². The first-order valence-corrected chi connectivity index (χ1v) is 9.46. The van der Waals surface area contributed by atoms with Crippen molar-refractivity contribution < 1.29 is 18.5 Å². The molecule has 0 unspecified atom stereocenters. The molecule has 5 nitrogen and oxygen atoms in total. The molecular weight excluding hydrogens is 326 g/mol. The van der Waals surface area contributed by atoms with Gasteiger partial charge in [-0.2, -0.15) is 0 Å². The van der Waals surface area contributed by atoms with Crippen molar-refractivity contribution in [3.8, 4) is 0 Å². The Hall–Kier alpha value is -1.69. The average Bonchev–Trinajstić information content (AvgIpc) is 3.21. The van der Waals surface area contributed by atoms with Gasteiger partial charge in [-0.1, -0.05) is 24.6 Å². The maximum atomic E-state index is 13.2. The lowest BCUT2D eigenvalue weighted by atomic mass is 10.2. The maximum absolute atomic E-state index is 13.2. The highest BCUT2D eigenvalue weighted by Gasteiger charge is 2.74. The molecule has 0 aromatic heterocycles. The first kappa shape index (κ1) is 17.1. The average molecular weight is 349 g/mol.